The molecule has 138 valence electrons. The zero-order chi connectivity index (χ0) is 17.8. The molecule has 0 aliphatic heterocycles. The molecule has 0 N–H and O–H groups in total. The smallest absolute Gasteiger partial charge is 0.237 e. The van der Waals surface area contributed by atoms with Gasteiger partial charge in [0, 0.05) is 24.0 Å². The molecule has 1 heterocycles. The first-order valence-electron chi connectivity index (χ1n) is 9.79. The monoisotopic (exact) mass is 361 g/mol. The van der Waals surface area contributed by atoms with Crippen molar-refractivity contribution in [3.63, 3.8) is 0 Å². The Morgan fingerprint density at radius 2 is 2.04 bits per heavy atom. The van der Waals surface area contributed by atoms with E-state index in [4.69, 9.17) is 4.98 Å². The van der Waals surface area contributed by atoms with Crippen LogP contribution >= 0.6 is 11.8 Å². The molecule has 25 heavy (non-hydrogen) atoms. The standard InChI is InChI=1S/C20H31N3OS/c1-4-22(17-10-8-9-11-17)19(24)14-25-20-21-15(2)16(3)23(20)18-12-6-5-7-13-18/h10,18H,4-9,11-14H2,1-3H3. The van der Waals surface area contributed by atoms with E-state index < -0.39 is 0 Å². The van der Waals surface area contributed by atoms with Gasteiger partial charge in [0.05, 0.1) is 11.4 Å². The maximum absolute atomic E-state index is 12.7. The van der Waals surface area contributed by atoms with Crippen molar-refractivity contribution in [1.82, 2.24) is 14.5 Å². The Kier molecular flexibility index (Phi) is 6.26. The number of hydrogen-bond acceptors (Lipinski definition) is 3. The van der Waals surface area contributed by atoms with Crippen molar-refractivity contribution in [2.24, 2.45) is 0 Å². The minimum absolute atomic E-state index is 0.217. The van der Waals surface area contributed by atoms with Crippen LogP contribution in [0.15, 0.2) is 16.9 Å². The molecule has 0 aromatic carbocycles. The van der Waals surface area contributed by atoms with Crippen LogP contribution in [0.25, 0.3) is 0 Å². The van der Waals surface area contributed by atoms with Crippen LogP contribution in [0.2, 0.25) is 0 Å². The van der Waals surface area contributed by atoms with Gasteiger partial charge in [-0.3, -0.25) is 4.79 Å². The second-order valence-electron chi connectivity index (χ2n) is 7.24. The molecule has 0 atom stereocenters. The summed E-state index contributed by atoms with van der Waals surface area (Å²) in [7, 11) is 0. The summed E-state index contributed by atoms with van der Waals surface area (Å²) < 4.78 is 2.41. The van der Waals surface area contributed by atoms with Crippen LogP contribution < -0.4 is 0 Å². The average Bonchev–Trinajstić information content (AvgIpc) is 3.24. The maximum Gasteiger partial charge on any atom is 0.237 e. The number of aryl methyl sites for hydroxylation is 1. The Labute approximate surface area is 156 Å². The van der Waals surface area contributed by atoms with E-state index in [0.717, 1.165) is 30.2 Å². The topological polar surface area (TPSA) is 38.1 Å². The Morgan fingerprint density at radius 3 is 2.68 bits per heavy atom. The molecule has 2 aliphatic rings. The van der Waals surface area contributed by atoms with Gasteiger partial charge in [-0.15, -0.1) is 0 Å². The zero-order valence-corrected chi connectivity index (χ0v) is 16.7. The fraction of sp³-hybridized carbons (Fsp3) is 0.700. The van der Waals surface area contributed by atoms with Crippen molar-refractivity contribution in [1.29, 1.82) is 0 Å². The highest BCUT2D eigenvalue weighted by atomic mass is 32.2. The third-order valence-corrected chi connectivity index (χ3v) is 6.54. The van der Waals surface area contributed by atoms with Crippen molar-refractivity contribution < 1.29 is 4.79 Å². The van der Waals surface area contributed by atoms with Gasteiger partial charge < -0.3 is 9.47 Å². The molecular weight excluding hydrogens is 330 g/mol. The van der Waals surface area contributed by atoms with Crippen LogP contribution in [0.1, 0.15) is 75.7 Å². The fourth-order valence-electron chi connectivity index (χ4n) is 4.11. The molecule has 0 unspecified atom stereocenters. The van der Waals surface area contributed by atoms with Crippen molar-refractivity contribution in [2.75, 3.05) is 12.3 Å². The number of amides is 1. The van der Waals surface area contributed by atoms with E-state index in [-0.39, 0.29) is 5.91 Å². The molecule has 1 fully saturated rings. The van der Waals surface area contributed by atoms with E-state index in [0.29, 0.717) is 11.8 Å². The molecule has 5 heteroatoms. The number of carbonyl (C=O) groups excluding carboxylic acids is 1. The van der Waals surface area contributed by atoms with E-state index in [2.05, 4.69) is 31.4 Å². The molecular formula is C20H31N3OS. The van der Waals surface area contributed by atoms with E-state index in [1.54, 1.807) is 11.8 Å². The minimum atomic E-state index is 0.217. The maximum atomic E-state index is 12.7. The lowest BCUT2D eigenvalue weighted by Crippen LogP contribution is -2.31. The Hall–Kier alpha value is -1.23. The number of imidazole rings is 1. The fourth-order valence-corrected chi connectivity index (χ4v) is 5.14. The van der Waals surface area contributed by atoms with E-state index in [1.807, 2.05) is 4.90 Å². The van der Waals surface area contributed by atoms with Crippen LogP contribution in [-0.4, -0.2) is 32.7 Å². The quantitative estimate of drug-likeness (QED) is 0.668. The number of aromatic nitrogens is 2. The van der Waals surface area contributed by atoms with Gasteiger partial charge in [0.25, 0.3) is 0 Å². The molecule has 0 spiro atoms. The minimum Gasteiger partial charge on any atom is -0.320 e. The Bertz CT molecular complexity index is 644. The van der Waals surface area contributed by atoms with Crippen molar-refractivity contribution in [3.8, 4) is 0 Å². The number of nitrogens with zero attached hydrogens (tertiary/aromatic N) is 3. The number of hydrogen-bond donors (Lipinski definition) is 0. The van der Waals surface area contributed by atoms with Crippen LogP contribution in [-0.2, 0) is 4.79 Å². The zero-order valence-electron chi connectivity index (χ0n) is 15.9. The number of thioether (sulfide) groups is 1. The highest BCUT2D eigenvalue weighted by Crippen LogP contribution is 2.34. The molecule has 4 nitrogen and oxygen atoms in total. The second kappa shape index (κ2) is 8.43. The summed E-state index contributed by atoms with van der Waals surface area (Å²) in [6, 6.07) is 0.562. The van der Waals surface area contributed by atoms with Gasteiger partial charge in [0.2, 0.25) is 5.91 Å². The van der Waals surface area contributed by atoms with Gasteiger partial charge in [-0.1, -0.05) is 37.1 Å². The molecule has 1 aromatic heterocycles. The van der Waals surface area contributed by atoms with E-state index >= 15 is 0 Å². The summed E-state index contributed by atoms with van der Waals surface area (Å²) in [5, 5.41) is 1.03. The third-order valence-electron chi connectivity index (χ3n) is 5.60. The van der Waals surface area contributed by atoms with E-state index in [1.165, 1.54) is 49.9 Å². The van der Waals surface area contributed by atoms with Crippen LogP contribution in [0.5, 0.6) is 0 Å². The predicted molar refractivity (Wildman–Crippen MR) is 104 cm³/mol. The number of rotatable bonds is 6. The van der Waals surface area contributed by atoms with Crippen molar-refractivity contribution in [2.45, 2.75) is 83.3 Å². The van der Waals surface area contributed by atoms with Gasteiger partial charge in [0.15, 0.2) is 5.16 Å². The first-order valence-corrected chi connectivity index (χ1v) is 10.8. The van der Waals surface area contributed by atoms with Gasteiger partial charge in [-0.2, -0.15) is 0 Å². The normalized spacial score (nSPS) is 18.4. The Balaban J connectivity index is 1.70. The van der Waals surface area contributed by atoms with Crippen molar-refractivity contribution >= 4 is 17.7 Å². The molecule has 0 saturated heterocycles. The summed E-state index contributed by atoms with van der Waals surface area (Å²) in [4.78, 5) is 19.5. The van der Waals surface area contributed by atoms with Gasteiger partial charge in [-0.05, 0) is 52.9 Å². The lowest BCUT2D eigenvalue weighted by molar-refractivity contribution is -0.126. The lowest BCUT2D eigenvalue weighted by Gasteiger charge is -2.26. The second-order valence-corrected chi connectivity index (χ2v) is 8.18. The number of carbonyl (C=O) groups is 1. The first-order chi connectivity index (χ1) is 12.1. The summed E-state index contributed by atoms with van der Waals surface area (Å²) in [6.07, 6.45) is 12.0. The molecule has 3 rings (SSSR count). The molecule has 0 radical (unpaired) electrons. The summed E-state index contributed by atoms with van der Waals surface area (Å²) >= 11 is 1.62. The van der Waals surface area contributed by atoms with Crippen LogP contribution in [0, 0.1) is 13.8 Å². The average molecular weight is 362 g/mol. The third kappa shape index (κ3) is 4.13. The van der Waals surface area contributed by atoms with Gasteiger partial charge in [-0.25, -0.2) is 4.98 Å². The SMILES string of the molecule is CCN(C(=O)CSc1nc(C)c(C)n1C1CCCCC1)C1=CCCC1. The van der Waals surface area contributed by atoms with Gasteiger partial charge >= 0.3 is 0 Å². The molecule has 1 amide bonds. The van der Waals surface area contributed by atoms with Gasteiger partial charge in [0.1, 0.15) is 0 Å². The first kappa shape index (κ1) is 18.6. The Morgan fingerprint density at radius 1 is 1.28 bits per heavy atom. The van der Waals surface area contributed by atoms with E-state index in [9.17, 15) is 4.79 Å². The molecule has 1 aromatic rings. The molecule has 0 bridgehead atoms. The largest absolute Gasteiger partial charge is 0.320 e. The summed E-state index contributed by atoms with van der Waals surface area (Å²) in [5.74, 6) is 0.697. The summed E-state index contributed by atoms with van der Waals surface area (Å²) in [5.41, 5.74) is 3.59. The highest BCUT2D eigenvalue weighted by Gasteiger charge is 2.24. The highest BCUT2D eigenvalue weighted by molar-refractivity contribution is 7.99. The molecule has 1 saturated carbocycles. The summed E-state index contributed by atoms with van der Waals surface area (Å²) in [6.45, 7) is 7.09. The van der Waals surface area contributed by atoms with Crippen LogP contribution in [0.4, 0.5) is 0 Å². The molecule has 2 aliphatic carbocycles. The predicted octanol–water partition coefficient (Wildman–Crippen LogP) is 5.01. The lowest BCUT2D eigenvalue weighted by atomic mass is 9.95. The number of allylic oxidation sites excluding steroid dienone is 2. The van der Waals surface area contributed by atoms with Crippen LogP contribution in [0.3, 0.4) is 0 Å². The van der Waals surface area contributed by atoms with Crippen molar-refractivity contribution in [3.05, 3.63) is 23.2 Å².